The minimum atomic E-state index is -1.13. The molecule has 0 aliphatic carbocycles. The Bertz CT molecular complexity index is 155. The van der Waals surface area contributed by atoms with Crippen LogP contribution >= 0.6 is 0 Å². The number of hydrogen-bond acceptors (Lipinski definition) is 3. The van der Waals surface area contributed by atoms with Gasteiger partial charge < -0.3 is 5.11 Å². The first-order chi connectivity index (χ1) is 5.70. The van der Waals surface area contributed by atoms with Crippen LogP contribution in [0, 0.1) is 0 Å². The lowest BCUT2D eigenvalue weighted by Crippen LogP contribution is -2.25. The van der Waals surface area contributed by atoms with Crippen LogP contribution in [0.2, 0.25) is 0 Å². The fourth-order valence-corrected chi connectivity index (χ4v) is 0.739. The van der Waals surface area contributed by atoms with Crippen molar-refractivity contribution < 1.29 is 9.90 Å². The van der Waals surface area contributed by atoms with Crippen LogP contribution in [0.4, 0.5) is 4.79 Å². The van der Waals surface area contributed by atoms with Gasteiger partial charge in [-0.3, -0.25) is 4.90 Å². The summed E-state index contributed by atoms with van der Waals surface area (Å²) in [6.45, 7) is 6.64. The van der Waals surface area contributed by atoms with Crippen molar-refractivity contribution in [1.82, 2.24) is 10.3 Å². The predicted molar refractivity (Wildman–Crippen MR) is 47.4 cm³/mol. The first-order valence-corrected chi connectivity index (χ1v) is 3.93. The predicted octanol–water partition coefficient (Wildman–Crippen LogP) is 0.582. The van der Waals surface area contributed by atoms with Gasteiger partial charge >= 0.3 is 6.09 Å². The molecule has 12 heavy (non-hydrogen) atoms. The summed E-state index contributed by atoms with van der Waals surface area (Å²) < 4.78 is 0. The highest BCUT2D eigenvalue weighted by atomic mass is 16.4. The van der Waals surface area contributed by atoms with Crippen LogP contribution < -0.4 is 5.43 Å². The van der Waals surface area contributed by atoms with Gasteiger partial charge in [-0.05, 0) is 13.1 Å². The number of nitrogens with zero attached hydrogens (tertiary/aromatic N) is 2. The standard InChI is InChI=1S/C7H15N3O2/c1-3-10(4-2)6-5-8-9-7(11)12/h5,9H,3-4,6H2,1-2H3,(H,11,12). The molecule has 0 aliphatic heterocycles. The second-order valence-electron chi connectivity index (χ2n) is 2.21. The summed E-state index contributed by atoms with van der Waals surface area (Å²) in [6.07, 6.45) is 0.409. The van der Waals surface area contributed by atoms with Gasteiger partial charge in [0.15, 0.2) is 0 Å². The van der Waals surface area contributed by atoms with Crippen molar-refractivity contribution in [2.45, 2.75) is 13.8 Å². The lowest BCUT2D eigenvalue weighted by Gasteiger charge is -2.13. The van der Waals surface area contributed by atoms with Crippen molar-refractivity contribution in [3.8, 4) is 0 Å². The zero-order valence-electron chi connectivity index (χ0n) is 7.45. The normalized spacial score (nSPS) is 10.9. The first kappa shape index (κ1) is 10.9. The molecule has 0 heterocycles. The number of carboxylic acid groups (broad SMARTS) is 1. The Morgan fingerprint density at radius 3 is 2.58 bits per heavy atom. The average molecular weight is 173 g/mol. The van der Waals surface area contributed by atoms with E-state index in [-0.39, 0.29) is 0 Å². The van der Waals surface area contributed by atoms with Crippen LogP contribution in [0.25, 0.3) is 0 Å². The molecular weight excluding hydrogens is 158 g/mol. The zero-order chi connectivity index (χ0) is 9.40. The molecule has 0 aromatic rings. The number of hydrazone groups is 1. The van der Waals surface area contributed by atoms with E-state index in [0.29, 0.717) is 6.54 Å². The molecule has 1 amide bonds. The fourth-order valence-electron chi connectivity index (χ4n) is 0.739. The molecule has 5 nitrogen and oxygen atoms in total. The van der Waals surface area contributed by atoms with Crippen molar-refractivity contribution in [3.63, 3.8) is 0 Å². The lowest BCUT2D eigenvalue weighted by atomic mass is 10.5. The third-order valence-corrected chi connectivity index (χ3v) is 1.49. The van der Waals surface area contributed by atoms with Gasteiger partial charge in [-0.1, -0.05) is 13.8 Å². The maximum absolute atomic E-state index is 9.94. The molecule has 70 valence electrons. The second kappa shape index (κ2) is 6.60. The highest BCUT2D eigenvalue weighted by molar-refractivity contribution is 5.67. The quantitative estimate of drug-likeness (QED) is 0.472. The molecule has 0 radical (unpaired) electrons. The summed E-state index contributed by atoms with van der Waals surface area (Å²) in [7, 11) is 0. The maximum Gasteiger partial charge on any atom is 0.425 e. The first-order valence-electron chi connectivity index (χ1n) is 3.93. The second-order valence-corrected chi connectivity index (χ2v) is 2.21. The van der Waals surface area contributed by atoms with Crippen molar-refractivity contribution in [1.29, 1.82) is 0 Å². The van der Waals surface area contributed by atoms with Crippen molar-refractivity contribution in [2.24, 2.45) is 5.10 Å². The molecule has 5 heteroatoms. The van der Waals surface area contributed by atoms with E-state index in [1.807, 2.05) is 19.3 Å². The van der Waals surface area contributed by atoms with E-state index >= 15 is 0 Å². The molecule has 0 aromatic carbocycles. The zero-order valence-corrected chi connectivity index (χ0v) is 7.45. The minimum absolute atomic E-state index is 0.674. The van der Waals surface area contributed by atoms with E-state index in [2.05, 4.69) is 10.0 Å². The number of rotatable bonds is 5. The van der Waals surface area contributed by atoms with Crippen LogP contribution in [-0.4, -0.2) is 41.9 Å². The molecule has 0 saturated heterocycles. The smallest absolute Gasteiger partial charge is 0.425 e. The largest absolute Gasteiger partial charge is 0.464 e. The van der Waals surface area contributed by atoms with Crippen molar-refractivity contribution >= 4 is 12.3 Å². The molecule has 0 aromatic heterocycles. The lowest BCUT2D eigenvalue weighted by molar-refractivity contribution is 0.195. The van der Waals surface area contributed by atoms with Crippen molar-refractivity contribution in [3.05, 3.63) is 0 Å². The summed E-state index contributed by atoms with van der Waals surface area (Å²) in [4.78, 5) is 12.1. The molecule has 0 unspecified atom stereocenters. The number of hydrogen-bond donors (Lipinski definition) is 2. The van der Waals surface area contributed by atoms with E-state index in [0.717, 1.165) is 13.1 Å². The van der Waals surface area contributed by atoms with Crippen LogP contribution in [0.5, 0.6) is 0 Å². The summed E-state index contributed by atoms with van der Waals surface area (Å²) in [5.74, 6) is 0. The van der Waals surface area contributed by atoms with Gasteiger partial charge in [0.2, 0.25) is 0 Å². The van der Waals surface area contributed by atoms with Gasteiger partial charge in [-0.2, -0.15) is 5.10 Å². The van der Waals surface area contributed by atoms with Gasteiger partial charge in [0.1, 0.15) is 0 Å². The van der Waals surface area contributed by atoms with E-state index < -0.39 is 6.09 Å². The molecule has 0 bridgehead atoms. The van der Waals surface area contributed by atoms with Crippen LogP contribution in [0.15, 0.2) is 5.10 Å². The minimum Gasteiger partial charge on any atom is -0.464 e. The Balaban J connectivity index is 3.50. The molecule has 0 atom stereocenters. The van der Waals surface area contributed by atoms with E-state index in [4.69, 9.17) is 5.11 Å². The highest BCUT2D eigenvalue weighted by Gasteiger charge is 1.94. The van der Waals surface area contributed by atoms with Crippen LogP contribution in [-0.2, 0) is 0 Å². The Hall–Kier alpha value is -1.10. The van der Waals surface area contributed by atoms with E-state index in [9.17, 15) is 4.79 Å². The SMILES string of the molecule is CCN(CC)CC=NNC(=O)O. The van der Waals surface area contributed by atoms with E-state index in [1.165, 1.54) is 0 Å². The Morgan fingerprint density at radius 1 is 1.58 bits per heavy atom. The maximum atomic E-state index is 9.94. The summed E-state index contributed by atoms with van der Waals surface area (Å²) in [5.41, 5.74) is 1.91. The summed E-state index contributed by atoms with van der Waals surface area (Å²) in [6, 6.07) is 0. The molecule has 0 rings (SSSR count). The Kier molecular flexibility index (Phi) is 6.00. The molecule has 0 aliphatic rings. The Labute approximate surface area is 72.1 Å². The van der Waals surface area contributed by atoms with Crippen molar-refractivity contribution in [2.75, 3.05) is 19.6 Å². The third-order valence-electron chi connectivity index (χ3n) is 1.49. The molecular formula is C7H15N3O2. The third kappa shape index (κ3) is 5.67. The van der Waals surface area contributed by atoms with Gasteiger partial charge in [0, 0.05) is 12.8 Å². The summed E-state index contributed by atoms with van der Waals surface area (Å²) in [5, 5.41) is 11.6. The van der Waals surface area contributed by atoms with Gasteiger partial charge in [0.25, 0.3) is 0 Å². The highest BCUT2D eigenvalue weighted by Crippen LogP contribution is 1.82. The average Bonchev–Trinajstić information content (AvgIpc) is 2.04. The van der Waals surface area contributed by atoms with E-state index in [1.54, 1.807) is 6.21 Å². The molecule has 2 N–H and O–H groups in total. The van der Waals surface area contributed by atoms with Gasteiger partial charge in [0.05, 0.1) is 0 Å². The van der Waals surface area contributed by atoms with Crippen LogP contribution in [0.1, 0.15) is 13.8 Å². The molecule has 0 saturated carbocycles. The number of amides is 1. The topological polar surface area (TPSA) is 64.9 Å². The van der Waals surface area contributed by atoms with Gasteiger partial charge in [-0.25, -0.2) is 10.2 Å². The monoisotopic (exact) mass is 173 g/mol. The fraction of sp³-hybridized carbons (Fsp3) is 0.714. The Morgan fingerprint density at radius 2 is 2.17 bits per heavy atom. The summed E-state index contributed by atoms with van der Waals surface area (Å²) >= 11 is 0. The molecule has 0 spiro atoms. The van der Waals surface area contributed by atoms with Gasteiger partial charge in [-0.15, -0.1) is 0 Å². The number of carbonyl (C=O) groups is 1. The van der Waals surface area contributed by atoms with Crippen LogP contribution in [0.3, 0.4) is 0 Å². The molecule has 0 fully saturated rings. The number of nitrogens with one attached hydrogen (secondary N) is 1.